The van der Waals surface area contributed by atoms with Crippen molar-refractivity contribution in [1.82, 2.24) is 0 Å². The fraction of sp³-hybridized carbons (Fsp3) is 0.333. The van der Waals surface area contributed by atoms with E-state index in [-0.39, 0.29) is 12.2 Å². The summed E-state index contributed by atoms with van der Waals surface area (Å²) in [5, 5.41) is 2.10. The predicted octanol–water partition coefficient (Wildman–Crippen LogP) is 3.89. The van der Waals surface area contributed by atoms with E-state index in [9.17, 15) is 0 Å². The fourth-order valence-corrected chi connectivity index (χ4v) is 2.83. The SMILES string of the molecule is CC1COC(c2ccc(-c3cccs3)cc2)CO1. The van der Waals surface area contributed by atoms with Gasteiger partial charge < -0.3 is 9.47 Å². The van der Waals surface area contributed by atoms with E-state index in [1.54, 1.807) is 11.3 Å². The highest BCUT2D eigenvalue weighted by Crippen LogP contribution is 2.28. The summed E-state index contributed by atoms with van der Waals surface area (Å²) >= 11 is 1.76. The Morgan fingerprint density at radius 3 is 2.50 bits per heavy atom. The average molecular weight is 260 g/mol. The molecule has 1 aromatic heterocycles. The predicted molar refractivity (Wildman–Crippen MR) is 73.9 cm³/mol. The van der Waals surface area contributed by atoms with Crippen molar-refractivity contribution in [1.29, 1.82) is 0 Å². The Morgan fingerprint density at radius 2 is 1.89 bits per heavy atom. The van der Waals surface area contributed by atoms with Gasteiger partial charge in [0.15, 0.2) is 0 Å². The Labute approximate surface area is 111 Å². The van der Waals surface area contributed by atoms with Crippen LogP contribution in [0.5, 0.6) is 0 Å². The molecule has 1 aliphatic heterocycles. The summed E-state index contributed by atoms with van der Waals surface area (Å²) in [5.41, 5.74) is 2.46. The minimum absolute atomic E-state index is 0.0820. The van der Waals surface area contributed by atoms with E-state index < -0.39 is 0 Å². The molecule has 2 unspecified atom stereocenters. The number of thiophene rings is 1. The first-order chi connectivity index (χ1) is 8.83. The molecule has 0 amide bonds. The van der Waals surface area contributed by atoms with Gasteiger partial charge in [-0.1, -0.05) is 30.3 Å². The van der Waals surface area contributed by atoms with Gasteiger partial charge in [-0.2, -0.15) is 0 Å². The van der Waals surface area contributed by atoms with Gasteiger partial charge in [0.2, 0.25) is 0 Å². The van der Waals surface area contributed by atoms with E-state index in [4.69, 9.17) is 9.47 Å². The normalized spacial score (nSPS) is 24.1. The average Bonchev–Trinajstić information content (AvgIpc) is 2.94. The fourth-order valence-electron chi connectivity index (χ4n) is 2.10. The summed E-state index contributed by atoms with van der Waals surface area (Å²) in [6, 6.07) is 12.8. The molecule has 2 heterocycles. The van der Waals surface area contributed by atoms with Gasteiger partial charge in [-0.15, -0.1) is 11.3 Å². The molecule has 0 radical (unpaired) electrons. The first kappa shape index (κ1) is 11.9. The van der Waals surface area contributed by atoms with Crippen molar-refractivity contribution in [3.8, 4) is 10.4 Å². The number of rotatable bonds is 2. The topological polar surface area (TPSA) is 18.5 Å². The molecule has 0 spiro atoms. The largest absolute Gasteiger partial charge is 0.373 e. The molecule has 0 saturated carbocycles. The molecule has 3 rings (SSSR count). The van der Waals surface area contributed by atoms with Gasteiger partial charge >= 0.3 is 0 Å². The number of ether oxygens (including phenoxy) is 2. The van der Waals surface area contributed by atoms with Crippen LogP contribution in [0, 0.1) is 0 Å². The third-order valence-electron chi connectivity index (χ3n) is 3.15. The summed E-state index contributed by atoms with van der Waals surface area (Å²) in [6.07, 6.45) is 0.297. The minimum atomic E-state index is 0.0820. The summed E-state index contributed by atoms with van der Waals surface area (Å²) in [4.78, 5) is 1.30. The van der Waals surface area contributed by atoms with E-state index in [0.29, 0.717) is 13.2 Å². The summed E-state index contributed by atoms with van der Waals surface area (Å²) in [7, 11) is 0. The molecule has 2 atom stereocenters. The summed E-state index contributed by atoms with van der Waals surface area (Å²) in [6.45, 7) is 3.37. The van der Waals surface area contributed by atoms with Gasteiger partial charge in [0.05, 0.1) is 19.3 Å². The number of hydrogen-bond donors (Lipinski definition) is 0. The van der Waals surface area contributed by atoms with Crippen molar-refractivity contribution in [2.24, 2.45) is 0 Å². The van der Waals surface area contributed by atoms with Crippen molar-refractivity contribution < 1.29 is 9.47 Å². The van der Waals surface area contributed by atoms with Gasteiger partial charge in [0.1, 0.15) is 6.10 Å². The molecule has 18 heavy (non-hydrogen) atoms. The minimum Gasteiger partial charge on any atom is -0.373 e. The van der Waals surface area contributed by atoms with Crippen LogP contribution >= 0.6 is 11.3 Å². The molecule has 0 aliphatic carbocycles. The van der Waals surface area contributed by atoms with Crippen LogP contribution in [0.2, 0.25) is 0 Å². The lowest BCUT2D eigenvalue weighted by atomic mass is 10.1. The maximum atomic E-state index is 5.78. The van der Waals surface area contributed by atoms with Crippen molar-refractivity contribution in [3.63, 3.8) is 0 Å². The quantitative estimate of drug-likeness (QED) is 0.815. The highest BCUT2D eigenvalue weighted by atomic mass is 32.1. The van der Waals surface area contributed by atoms with Crippen molar-refractivity contribution in [3.05, 3.63) is 47.3 Å². The Morgan fingerprint density at radius 1 is 1.06 bits per heavy atom. The van der Waals surface area contributed by atoms with Crippen molar-refractivity contribution in [2.75, 3.05) is 13.2 Å². The monoisotopic (exact) mass is 260 g/mol. The van der Waals surface area contributed by atoms with Crippen molar-refractivity contribution >= 4 is 11.3 Å². The Kier molecular flexibility index (Phi) is 3.46. The smallest absolute Gasteiger partial charge is 0.106 e. The van der Waals surface area contributed by atoms with Gasteiger partial charge in [-0.25, -0.2) is 0 Å². The Balaban J connectivity index is 1.75. The second-order valence-corrected chi connectivity index (χ2v) is 5.51. The lowest BCUT2D eigenvalue weighted by molar-refractivity contribution is -0.128. The molecule has 1 fully saturated rings. The zero-order valence-corrected chi connectivity index (χ0v) is 11.2. The van der Waals surface area contributed by atoms with Crippen LogP contribution in [0.25, 0.3) is 10.4 Å². The van der Waals surface area contributed by atoms with Gasteiger partial charge in [0, 0.05) is 4.88 Å². The van der Waals surface area contributed by atoms with Crippen LogP contribution in [-0.4, -0.2) is 19.3 Å². The number of hydrogen-bond acceptors (Lipinski definition) is 3. The molecule has 2 nitrogen and oxygen atoms in total. The molecule has 1 aliphatic rings. The highest BCUT2D eigenvalue weighted by Gasteiger charge is 2.20. The molecule has 3 heteroatoms. The van der Waals surface area contributed by atoms with Crippen LogP contribution in [0.4, 0.5) is 0 Å². The maximum Gasteiger partial charge on any atom is 0.106 e. The van der Waals surface area contributed by atoms with Gasteiger partial charge in [-0.3, -0.25) is 0 Å². The van der Waals surface area contributed by atoms with Crippen LogP contribution in [0.3, 0.4) is 0 Å². The molecule has 0 N–H and O–H groups in total. The maximum absolute atomic E-state index is 5.78. The van der Waals surface area contributed by atoms with Crippen LogP contribution in [-0.2, 0) is 9.47 Å². The lowest BCUT2D eigenvalue weighted by Gasteiger charge is -2.27. The van der Waals surface area contributed by atoms with E-state index in [0.717, 1.165) is 0 Å². The molecule has 1 saturated heterocycles. The number of benzene rings is 1. The first-order valence-corrected chi connectivity index (χ1v) is 7.08. The van der Waals surface area contributed by atoms with Crippen molar-refractivity contribution in [2.45, 2.75) is 19.1 Å². The van der Waals surface area contributed by atoms with Crippen LogP contribution < -0.4 is 0 Å². The zero-order chi connectivity index (χ0) is 12.4. The van der Waals surface area contributed by atoms with Gasteiger partial charge in [0.25, 0.3) is 0 Å². The Bertz CT molecular complexity index is 482. The molecule has 2 aromatic rings. The second-order valence-electron chi connectivity index (χ2n) is 4.57. The first-order valence-electron chi connectivity index (χ1n) is 6.20. The van der Waals surface area contributed by atoms with E-state index in [2.05, 4.69) is 41.8 Å². The van der Waals surface area contributed by atoms with E-state index >= 15 is 0 Å². The standard InChI is InChI=1S/C15H16O2S/c1-11-9-17-14(10-16-11)12-4-6-13(7-5-12)15-3-2-8-18-15/h2-8,11,14H,9-10H2,1H3. The third kappa shape index (κ3) is 2.48. The zero-order valence-electron chi connectivity index (χ0n) is 10.3. The van der Waals surface area contributed by atoms with Crippen LogP contribution in [0.15, 0.2) is 41.8 Å². The summed E-state index contributed by atoms with van der Waals surface area (Å²) < 4.78 is 11.4. The third-order valence-corrected chi connectivity index (χ3v) is 4.07. The highest BCUT2D eigenvalue weighted by molar-refractivity contribution is 7.13. The lowest BCUT2D eigenvalue weighted by Crippen LogP contribution is -2.28. The molecule has 0 bridgehead atoms. The Hall–Kier alpha value is -1.16. The molecule has 1 aromatic carbocycles. The summed E-state index contributed by atoms with van der Waals surface area (Å²) in [5.74, 6) is 0. The molecular formula is C15H16O2S. The van der Waals surface area contributed by atoms with Gasteiger partial charge in [-0.05, 0) is 29.5 Å². The van der Waals surface area contributed by atoms with Crippen LogP contribution in [0.1, 0.15) is 18.6 Å². The van der Waals surface area contributed by atoms with E-state index in [1.807, 2.05) is 6.92 Å². The molecule has 94 valence electrons. The second kappa shape index (κ2) is 5.22. The van der Waals surface area contributed by atoms with E-state index in [1.165, 1.54) is 16.0 Å². The molecular weight excluding hydrogens is 244 g/mol.